The van der Waals surface area contributed by atoms with E-state index in [4.69, 9.17) is 4.74 Å². The molecule has 3 heterocycles. The van der Waals surface area contributed by atoms with Crippen molar-refractivity contribution >= 4 is 38.6 Å². The molecule has 1 saturated carbocycles. The van der Waals surface area contributed by atoms with Gasteiger partial charge in [-0.05, 0) is 71.7 Å². The van der Waals surface area contributed by atoms with Gasteiger partial charge in [-0.3, -0.25) is 4.79 Å². The number of ether oxygens (including phenoxy) is 1. The lowest BCUT2D eigenvalue weighted by Gasteiger charge is -2.30. The molecule has 1 aliphatic carbocycles. The van der Waals surface area contributed by atoms with Crippen LogP contribution in [0.4, 0.5) is 20.2 Å². The average Bonchev–Trinajstić information content (AvgIpc) is 3.32. The van der Waals surface area contributed by atoms with E-state index in [0.29, 0.717) is 62.2 Å². The van der Waals surface area contributed by atoms with Gasteiger partial charge in [-0.1, -0.05) is 6.07 Å². The third-order valence-electron chi connectivity index (χ3n) is 7.75. The first-order valence-corrected chi connectivity index (χ1v) is 14.9. The number of halogens is 2. The lowest BCUT2D eigenvalue weighted by Crippen LogP contribution is -2.37. The van der Waals surface area contributed by atoms with Crippen LogP contribution in [0, 0.1) is 29.4 Å². The Labute approximate surface area is 224 Å². The van der Waals surface area contributed by atoms with Crippen molar-refractivity contribution in [1.82, 2.24) is 4.31 Å². The Hall–Kier alpha value is -2.86. The summed E-state index contributed by atoms with van der Waals surface area (Å²) in [6.07, 6.45) is 0. The predicted octanol–water partition coefficient (Wildman–Crippen LogP) is 4.08. The van der Waals surface area contributed by atoms with Crippen LogP contribution in [-0.4, -0.2) is 64.6 Å². The standard InChI is InChI=1S/C27H27F2N3O4S2/c28-18-3-6-20(7-4-18)38(34,35)31-15-21-22(16-31)23(21)17-32(27(33)26-2-1-13-37-26)19-5-8-25(24(29)14-19)30-9-11-36-12-10-30/h1-8,13-14,21-23H,9-12,15-17H2. The molecule has 3 aromatic rings. The number of fused-ring (bicyclic) bond motifs is 1. The Morgan fingerprint density at radius 1 is 1.03 bits per heavy atom. The molecule has 1 aromatic heterocycles. The summed E-state index contributed by atoms with van der Waals surface area (Å²) >= 11 is 1.33. The maximum absolute atomic E-state index is 15.2. The van der Waals surface area contributed by atoms with Crippen LogP contribution >= 0.6 is 11.3 Å². The molecule has 3 fully saturated rings. The fourth-order valence-electron chi connectivity index (χ4n) is 5.61. The van der Waals surface area contributed by atoms with Gasteiger partial charge in [0, 0.05) is 38.4 Å². The van der Waals surface area contributed by atoms with Crippen LogP contribution in [0.3, 0.4) is 0 Å². The number of morpholine rings is 1. The number of carbonyl (C=O) groups is 1. The lowest BCUT2D eigenvalue weighted by molar-refractivity contribution is 0.0988. The molecule has 11 heteroatoms. The topological polar surface area (TPSA) is 70.2 Å². The average molecular weight is 560 g/mol. The molecule has 200 valence electrons. The number of rotatable bonds is 7. The van der Waals surface area contributed by atoms with Crippen molar-refractivity contribution in [1.29, 1.82) is 0 Å². The van der Waals surface area contributed by atoms with Gasteiger partial charge in [-0.15, -0.1) is 11.3 Å². The smallest absolute Gasteiger partial charge is 0.268 e. The molecule has 6 rings (SSSR count). The molecule has 2 atom stereocenters. The second-order valence-electron chi connectivity index (χ2n) is 9.90. The first-order chi connectivity index (χ1) is 18.3. The Bertz CT molecular complexity index is 1420. The second-order valence-corrected chi connectivity index (χ2v) is 12.8. The van der Waals surface area contributed by atoms with Gasteiger partial charge in [-0.25, -0.2) is 17.2 Å². The molecule has 0 spiro atoms. The van der Waals surface area contributed by atoms with E-state index in [1.54, 1.807) is 23.1 Å². The van der Waals surface area contributed by atoms with Gasteiger partial charge in [0.2, 0.25) is 10.0 Å². The zero-order valence-corrected chi connectivity index (χ0v) is 22.1. The van der Waals surface area contributed by atoms with Crippen LogP contribution in [0.25, 0.3) is 0 Å². The summed E-state index contributed by atoms with van der Waals surface area (Å²) in [5, 5.41) is 1.83. The highest BCUT2D eigenvalue weighted by atomic mass is 32.2. The van der Waals surface area contributed by atoms with Crippen LogP contribution in [0.5, 0.6) is 0 Å². The van der Waals surface area contributed by atoms with E-state index in [1.165, 1.54) is 33.8 Å². The van der Waals surface area contributed by atoms with Crippen LogP contribution in [-0.2, 0) is 14.8 Å². The van der Waals surface area contributed by atoms with E-state index < -0.39 is 15.8 Å². The lowest BCUT2D eigenvalue weighted by atomic mass is 10.2. The minimum atomic E-state index is -3.71. The molecule has 0 N–H and O–H groups in total. The van der Waals surface area contributed by atoms with Gasteiger partial charge in [0.1, 0.15) is 11.6 Å². The fraction of sp³-hybridized carbons (Fsp3) is 0.370. The summed E-state index contributed by atoms with van der Waals surface area (Å²) in [4.78, 5) is 17.7. The van der Waals surface area contributed by atoms with Crippen molar-refractivity contribution in [2.75, 3.05) is 55.7 Å². The molecule has 38 heavy (non-hydrogen) atoms. The van der Waals surface area contributed by atoms with Crippen molar-refractivity contribution in [2.24, 2.45) is 17.8 Å². The normalized spacial score (nSPS) is 23.3. The molecule has 0 radical (unpaired) electrons. The molecule has 2 aliphatic heterocycles. The summed E-state index contributed by atoms with van der Waals surface area (Å²) in [5.41, 5.74) is 0.976. The quantitative estimate of drug-likeness (QED) is 0.437. The largest absolute Gasteiger partial charge is 0.378 e. The van der Waals surface area contributed by atoms with Crippen LogP contribution in [0.1, 0.15) is 9.67 Å². The van der Waals surface area contributed by atoms with E-state index in [9.17, 15) is 17.6 Å². The number of hydrogen-bond donors (Lipinski definition) is 0. The maximum Gasteiger partial charge on any atom is 0.268 e. The molecular weight excluding hydrogens is 532 g/mol. The zero-order chi connectivity index (χ0) is 26.4. The highest BCUT2D eigenvalue weighted by Gasteiger charge is 2.58. The molecular formula is C27H27F2N3O4S2. The number of hydrogen-bond acceptors (Lipinski definition) is 6. The maximum atomic E-state index is 15.2. The minimum Gasteiger partial charge on any atom is -0.378 e. The Kier molecular flexibility index (Phi) is 6.71. The summed E-state index contributed by atoms with van der Waals surface area (Å²) in [6, 6.07) is 13.3. The van der Waals surface area contributed by atoms with Gasteiger partial charge in [-0.2, -0.15) is 4.31 Å². The number of thiophene rings is 1. The third-order valence-corrected chi connectivity index (χ3v) is 10.5. The summed E-state index contributed by atoms with van der Waals surface area (Å²) < 4.78 is 61.3. The number of piperidine rings is 1. The first kappa shape index (κ1) is 25.4. The predicted molar refractivity (Wildman–Crippen MR) is 141 cm³/mol. The number of sulfonamides is 1. The van der Waals surface area contributed by atoms with E-state index in [-0.39, 0.29) is 34.4 Å². The summed E-state index contributed by atoms with van der Waals surface area (Å²) in [7, 11) is -3.71. The molecule has 7 nitrogen and oxygen atoms in total. The third kappa shape index (κ3) is 4.72. The minimum absolute atomic E-state index is 0.0714. The molecule has 2 aromatic carbocycles. The number of benzene rings is 2. The van der Waals surface area contributed by atoms with Gasteiger partial charge in [0.25, 0.3) is 5.91 Å². The van der Waals surface area contributed by atoms with Crippen molar-refractivity contribution in [3.05, 3.63) is 76.5 Å². The first-order valence-electron chi connectivity index (χ1n) is 12.6. The van der Waals surface area contributed by atoms with Gasteiger partial charge in [0.15, 0.2) is 0 Å². The Morgan fingerprint density at radius 2 is 1.74 bits per heavy atom. The summed E-state index contributed by atoms with van der Waals surface area (Å²) in [5.74, 6) is -0.735. The highest BCUT2D eigenvalue weighted by Crippen LogP contribution is 2.53. The summed E-state index contributed by atoms with van der Waals surface area (Å²) in [6.45, 7) is 3.38. The SMILES string of the molecule is O=C(c1cccs1)N(CC1C2CN(S(=O)(=O)c3ccc(F)cc3)CC12)c1ccc(N2CCOCC2)c(F)c1. The van der Waals surface area contributed by atoms with Crippen molar-refractivity contribution in [2.45, 2.75) is 4.90 Å². The van der Waals surface area contributed by atoms with Crippen LogP contribution in [0.2, 0.25) is 0 Å². The van der Waals surface area contributed by atoms with E-state index in [0.717, 1.165) is 12.1 Å². The molecule has 1 amide bonds. The highest BCUT2D eigenvalue weighted by molar-refractivity contribution is 7.89. The van der Waals surface area contributed by atoms with Gasteiger partial charge in [0.05, 0.1) is 28.7 Å². The zero-order valence-electron chi connectivity index (χ0n) is 20.5. The van der Waals surface area contributed by atoms with Crippen molar-refractivity contribution in [3.63, 3.8) is 0 Å². The van der Waals surface area contributed by atoms with Crippen molar-refractivity contribution in [3.8, 4) is 0 Å². The number of amides is 1. The second kappa shape index (κ2) is 10.0. The van der Waals surface area contributed by atoms with E-state index in [2.05, 4.69) is 0 Å². The van der Waals surface area contributed by atoms with Crippen LogP contribution in [0.15, 0.2) is 64.9 Å². The van der Waals surface area contributed by atoms with Crippen LogP contribution < -0.4 is 9.80 Å². The van der Waals surface area contributed by atoms with E-state index >= 15 is 4.39 Å². The van der Waals surface area contributed by atoms with Gasteiger partial charge < -0.3 is 14.5 Å². The van der Waals surface area contributed by atoms with Crippen molar-refractivity contribution < 1.29 is 26.7 Å². The monoisotopic (exact) mass is 559 g/mol. The van der Waals surface area contributed by atoms with E-state index in [1.807, 2.05) is 16.3 Å². The number of anilines is 2. The fourth-order valence-corrected chi connectivity index (χ4v) is 7.79. The molecule has 2 saturated heterocycles. The number of carbonyl (C=O) groups excluding carboxylic acids is 1. The number of nitrogens with zero attached hydrogens (tertiary/aromatic N) is 3. The Morgan fingerprint density at radius 3 is 2.37 bits per heavy atom. The molecule has 3 aliphatic rings. The molecule has 0 bridgehead atoms. The molecule has 2 unspecified atom stereocenters. The Balaban J connectivity index is 1.19. The van der Waals surface area contributed by atoms with Gasteiger partial charge >= 0.3 is 0 Å².